The van der Waals surface area contributed by atoms with Crippen LogP contribution in [0.3, 0.4) is 0 Å². The number of alkyl carbamates (subject to hydrolysis) is 1. The minimum atomic E-state index is -0.606. The first-order chi connectivity index (χ1) is 11.0. The minimum Gasteiger partial charge on any atom is -0.453 e. The molecule has 6 heteroatoms. The van der Waals surface area contributed by atoms with Crippen molar-refractivity contribution in [2.75, 3.05) is 13.7 Å². The van der Waals surface area contributed by atoms with E-state index < -0.39 is 12.1 Å². The molecule has 2 aliphatic rings. The first kappa shape index (κ1) is 17.1. The van der Waals surface area contributed by atoms with E-state index in [9.17, 15) is 9.59 Å². The van der Waals surface area contributed by atoms with Crippen molar-refractivity contribution in [3.63, 3.8) is 0 Å². The molecule has 1 fully saturated rings. The number of allylic oxidation sites excluding steroid dienone is 1. The van der Waals surface area contributed by atoms with E-state index in [0.29, 0.717) is 13.0 Å². The Morgan fingerprint density at radius 2 is 2.26 bits per heavy atom. The minimum absolute atomic E-state index is 0.0345. The molecule has 2 aliphatic heterocycles. The normalized spacial score (nSPS) is 21.5. The van der Waals surface area contributed by atoms with Gasteiger partial charge in [0.15, 0.2) is 0 Å². The third-order valence-corrected chi connectivity index (χ3v) is 4.26. The highest BCUT2D eigenvalue weighted by Gasteiger charge is 2.38. The van der Waals surface area contributed by atoms with Gasteiger partial charge >= 0.3 is 6.09 Å². The fourth-order valence-corrected chi connectivity index (χ4v) is 2.99. The van der Waals surface area contributed by atoms with Gasteiger partial charge < -0.3 is 15.0 Å². The number of terminal acetylenes is 1. The summed E-state index contributed by atoms with van der Waals surface area (Å²) in [5.74, 6) is 2.48. The Hall–Kier alpha value is -2.29. The zero-order valence-electron chi connectivity index (χ0n) is 13.8. The summed E-state index contributed by atoms with van der Waals surface area (Å²) in [6.07, 6.45) is 8.94. The highest BCUT2D eigenvalue weighted by atomic mass is 16.5. The second-order valence-electron chi connectivity index (χ2n) is 6.14. The summed E-state index contributed by atoms with van der Waals surface area (Å²) in [6, 6.07) is -0.643. The second kappa shape index (κ2) is 7.32. The highest BCUT2D eigenvalue weighted by Crippen LogP contribution is 2.26. The molecule has 23 heavy (non-hydrogen) atoms. The quantitative estimate of drug-likeness (QED) is 0.803. The monoisotopic (exact) mass is 317 g/mol. The number of aliphatic imine (C=N–C) groups is 1. The molecule has 0 radical (unpaired) electrons. The van der Waals surface area contributed by atoms with Gasteiger partial charge in [0.1, 0.15) is 6.04 Å². The Morgan fingerprint density at radius 1 is 1.52 bits per heavy atom. The summed E-state index contributed by atoms with van der Waals surface area (Å²) < 4.78 is 4.62. The van der Waals surface area contributed by atoms with Crippen LogP contribution in [0.5, 0.6) is 0 Å². The molecule has 0 aromatic carbocycles. The van der Waals surface area contributed by atoms with Crippen LogP contribution in [0.4, 0.5) is 4.79 Å². The lowest BCUT2D eigenvalue weighted by Crippen LogP contribution is -2.53. The summed E-state index contributed by atoms with van der Waals surface area (Å²) in [6.45, 7) is 4.46. The third-order valence-electron chi connectivity index (χ3n) is 4.26. The van der Waals surface area contributed by atoms with Crippen molar-refractivity contribution >= 4 is 17.7 Å². The SMILES string of the molecule is C#CC1=CN=C(C2CCCN2C(=O)[C@@H](NC(=O)OC)C(C)C)C1. The van der Waals surface area contributed by atoms with Gasteiger partial charge in [-0.05, 0) is 18.8 Å². The molecule has 1 unspecified atom stereocenters. The van der Waals surface area contributed by atoms with Crippen LogP contribution < -0.4 is 5.32 Å². The predicted molar refractivity (Wildman–Crippen MR) is 87.9 cm³/mol. The molecular formula is C17H23N3O3. The summed E-state index contributed by atoms with van der Waals surface area (Å²) in [4.78, 5) is 30.6. The zero-order valence-corrected chi connectivity index (χ0v) is 13.8. The van der Waals surface area contributed by atoms with Gasteiger partial charge in [0.05, 0.1) is 13.2 Å². The van der Waals surface area contributed by atoms with Crippen molar-refractivity contribution in [1.29, 1.82) is 0 Å². The molecule has 1 N–H and O–H groups in total. The maximum Gasteiger partial charge on any atom is 0.407 e. The largest absolute Gasteiger partial charge is 0.453 e. The van der Waals surface area contributed by atoms with Crippen LogP contribution in [0, 0.1) is 18.3 Å². The molecule has 2 heterocycles. The van der Waals surface area contributed by atoms with Crippen molar-refractivity contribution in [3.05, 3.63) is 11.8 Å². The average Bonchev–Trinajstić information content (AvgIpc) is 3.19. The molecule has 0 aromatic heterocycles. The number of hydrogen-bond donors (Lipinski definition) is 1. The zero-order chi connectivity index (χ0) is 17.0. The highest BCUT2D eigenvalue weighted by molar-refractivity contribution is 5.98. The van der Waals surface area contributed by atoms with Gasteiger partial charge in [-0.2, -0.15) is 0 Å². The molecule has 0 aliphatic carbocycles. The number of amides is 2. The predicted octanol–water partition coefficient (Wildman–Crippen LogP) is 1.72. The molecule has 2 rings (SSSR count). The van der Waals surface area contributed by atoms with Crippen molar-refractivity contribution in [1.82, 2.24) is 10.2 Å². The molecule has 2 amide bonds. The molecule has 124 valence electrons. The lowest BCUT2D eigenvalue weighted by molar-refractivity contribution is -0.134. The number of nitrogens with one attached hydrogen (secondary N) is 1. The lowest BCUT2D eigenvalue weighted by Gasteiger charge is -2.31. The first-order valence-corrected chi connectivity index (χ1v) is 7.85. The molecule has 1 saturated heterocycles. The Balaban J connectivity index is 2.10. The van der Waals surface area contributed by atoms with Crippen LogP contribution in [0.25, 0.3) is 0 Å². The Labute approximate surface area is 137 Å². The van der Waals surface area contributed by atoms with Crippen LogP contribution in [0.1, 0.15) is 33.1 Å². The van der Waals surface area contributed by atoms with Gasteiger partial charge in [0.25, 0.3) is 0 Å². The molecule has 0 saturated carbocycles. The Kier molecular flexibility index (Phi) is 5.43. The maximum absolute atomic E-state index is 12.9. The van der Waals surface area contributed by atoms with Crippen LogP contribution in [0.2, 0.25) is 0 Å². The van der Waals surface area contributed by atoms with Crippen molar-refractivity contribution in [2.45, 2.75) is 45.2 Å². The topological polar surface area (TPSA) is 71.0 Å². The number of carbonyl (C=O) groups is 2. The standard InChI is InChI=1S/C17H23N3O3/c1-5-12-9-13(18-10-12)14-7-6-8-20(14)16(21)15(11(2)3)19-17(22)23-4/h1,10-11,14-15H,6-9H2,2-4H3,(H,19,22)/t14?,15-/m0/s1. The van der Waals surface area contributed by atoms with Gasteiger partial charge in [0.2, 0.25) is 5.91 Å². The van der Waals surface area contributed by atoms with Crippen LogP contribution in [-0.4, -0.2) is 48.4 Å². The van der Waals surface area contributed by atoms with Crippen LogP contribution in [-0.2, 0) is 9.53 Å². The maximum atomic E-state index is 12.9. The van der Waals surface area contributed by atoms with E-state index in [4.69, 9.17) is 6.42 Å². The number of rotatable bonds is 4. The van der Waals surface area contributed by atoms with E-state index >= 15 is 0 Å². The number of carbonyl (C=O) groups excluding carboxylic acids is 2. The summed E-state index contributed by atoms with van der Waals surface area (Å²) in [7, 11) is 1.29. The molecule has 2 atom stereocenters. The van der Waals surface area contributed by atoms with Gasteiger partial charge in [0, 0.05) is 30.5 Å². The van der Waals surface area contributed by atoms with Crippen molar-refractivity contribution < 1.29 is 14.3 Å². The molecular weight excluding hydrogens is 294 g/mol. The number of methoxy groups -OCH3 is 1. The van der Waals surface area contributed by atoms with Gasteiger partial charge in [-0.15, -0.1) is 6.42 Å². The van der Waals surface area contributed by atoms with E-state index in [0.717, 1.165) is 24.1 Å². The van der Waals surface area contributed by atoms with E-state index in [-0.39, 0.29) is 17.9 Å². The van der Waals surface area contributed by atoms with Crippen molar-refractivity contribution in [2.24, 2.45) is 10.9 Å². The fourth-order valence-electron chi connectivity index (χ4n) is 2.99. The van der Waals surface area contributed by atoms with E-state index in [2.05, 4.69) is 21.0 Å². The van der Waals surface area contributed by atoms with Gasteiger partial charge in [-0.25, -0.2) is 4.79 Å². The fraction of sp³-hybridized carbons (Fsp3) is 0.588. The third kappa shape index (κ3) is 3.73. The summed E-state index contributed by atoms with van der Waals surface area (Å²) in [5, 5.41) is 2.64. The van der Waals surface area contributed by atoms with E-state index in [1.807, 2.05) is 18.7 Å². The number of ether oxygens (including phenoxy) is 1. The summed E-state index contributed by atoms with van der Waals surface area (Å²) in [5.41, 5.74) is 1.77. The number of nitrogens with zero attached hydrogens (tertiary/aromatic N) is 2. The molecule has 0 aromatic rings. The lowest BCUT2D eigenvalue weighted by atomic mass is 10.00. The average molecular weight is 317 g/mol. The summed E-state index contributed by atoms with van der Waals surface area (Å²) >= 11 is 0. The molecule has 0 bridgehead atoms. The number of hydrogen-bond acceptors (Lipinski definition) is 4. The van der Waals surface area contributed by atoms with Crippen LogP contribution in [0.15, 0.2) is 16.8 Å². The first-order valence-electron chi connectivity index (χ1n) is 7.85. The van der Waals surface area contributed by atoms with E-state index in [1.165, 1.54) is 7.11 Å². The molecule has 0 spiro atoms. The van der Waals surface area contributed by atoms with Gasteiger partial charge in [-0.3, -0.25) is 9.79 Å². The van der Waals surface area contributed by atoms with Gasteiger partial charge in [-0.1, -0.05) is 19.8 Å². The van der Waals surface area contributed by atoms with Crippen molar-refractivity contribution in [3.8, 4) is 12.3 Å². The second-order valence-corrected chi connectivity index (χ2v) is 6.14. The Morgan fingerprint density at radius 3 is 2.83 bits per heavy atom. The number of likely N-dealkylation sites (tertiary alicyclic amines) is 1. The Bertz CT molecular complexity index is 586. The smallest absolute Gasteiger partial charge is 0.407 e. The van der Waals surface area contributed by atoms with Crippen LogP contribution >= 0.6 is 0 Å². The van der Waals surface area contributed by atoms with E-state index in [1.54, 1.807) is 6.20 Å². The molecule has 6 nitrogen and oxygen atoms in total.